The first kappa shape index (κ1) is 23.2. The zero-order valence-electron chi connectivity index (χ0n) is 20.5. The largest absolute Gasteiger partial charge is 0.507 e. The van der Waals surface area contributed by atoms with Crippen molar-refractivity contribution >= 4 is 44.1 Å². The van der Waals surface area contributed by atoms with Crippen LogP contribution in [0, 0.1) is 6.92 Å². The van der Waals surface area contributed by atoms with E-state index >= 15 is 0 Å². The molecule has 0 saturated carbocycles. The Labute approximate surface area is 217 Å². The maximum atomic E-state index is 13.5. The fourth-order valence-electron chi connectivity index (χ4n) is 4.94. The molecule has 0 spiro atoms. The number of fused-ring (bicyclic) bond motifs is 2. The topological polar surface area (TPSA) is 89.0 Å². The summed E-state index contributed by atoms with van der Waals surface area (Å²) in [6, 6.07) is 17.6. The number of hydrogen-bond donors (Lipinski definition) is 1. The number of nitrogens with zero attached hydrogens (tertiary/aromatic N) is 2. The molecule has 3 heterocycles. The van der Waals surface area contributed by atoms with Crippen LogP contribution in [-0.4, -0.2) is 35.0 Å². The molecular formula is C29H24N2O5S. The quantitative estimate of drug-likeness (QED) is 0.219. The first-order chi connectivity index (χ1) is 17.8. The first-order valence-corrected chi connectivity index (χ1v) is 12.8. The molecule has 2 atom stereocenters. The van der Waals surface area contributed by atoms with Gasteiger partial charge in [0.1, 0.15) is 23.4 Å². The van der Waals surface area contributed by atoms with Crippen molar-refractivity contribution in [1.29, 1.82) is 0 Å². The lowest BCUT2D eigenvalue weighted by atomic mass is 9.94. The van der Waals surface area contributed by atoms with E-state index in [-0.39, 0.29) is 17.4 Å². The summed E-state index contributed by atoms with van der Waals surface area (Å²) in [6.07, 6.45) is 0.754. The molecule has 186 valence electrons. The molecule has 7 nitrogen and oxygen atoms in total. The molecule has 0 aliphatic carbocycles. The predicted octanol–water partition coefficient (Wildman–Crippen LogP) is 5.56. The Balaban J connectivity index is 1.52. The van der Waals surface area contributed by atoms with E-state index in [0.29, 0.717) is 33.9 Å². The number of rotatable bonds is 4. The molecule has 1 aromatic heterocycles. The lowest BCUT2D eigenvalue weighted by Gasteiger charge is -2.23. The Bertz CT molecular complexity index is 1600. The lowest BCUT2D eigenvalue weighted by molar-refractivity contribution is -0.132. The Morgan fingerprint density at radius 2 is 1.89 bits per heavy atom. The molecule has 1 N–H and O–H groups in total. The monoisotopic (exact) mass is 512 g/mol. The van der Waals surface area contributed by atoms with Crippen LogP contribution in [0.3, 0.4) is 0 Å². The number of Topliss-reactive ketones (excluding diaryl/α,β-unsaturated/α-hetero) is 1. The highest BCUT2D eigenvalue weighted by atomic mass is 32.1. The van der Waals surface area contributed by atoms with Crippen molar-refractivity contribution < 1.29 is 24.2 Å². The molecule has 3 aromatic carbocycles. The van der Waals surface area contributed by atoms with Gasteiger partial charge in [0.05, 0.1) is 28.9 Å². The summed E-state index contributed by atoms with van der Waals surface area (Å²) in [5, 5.41) is 11.9. The van der Waals surface area contributed by atoms with Crippen LogP contribution < -0.4 is 14.4 Å². The predicted molar refractivity (Wildman–Crippen MR) is 142 cm³/mol. The number of aryl methyl sites for hydroxylation is 1. The number of benzene rings is 3. The fourth-order valence-corrected chi connectivity index (χ4v) is 5.96. The van der Waals surface area contributed by atoms with E-state index in [2.05, 4.69) is 4.98 Å². The molecule has 0 bridgehead atoms. The van der Waals surface area contributed by atoms with Gasteiger partial charge < -0.3 is 14.6 Å². The number of aliphatic hydroxyl groups is 1. The van der Waals surface area contributed by atoms with Gasteiger partial charge in [-0.2, -0.15) is 0 Å². The van der Waals surface area contributed by atoms with Crippen molar-refractivity contribution in [3.05, 3.63) is 88.5 Å². The molecular weight excluding hydrogens is 488 g/mol. The Morgan fingerprint density at radius 1 is 1.11 bits per heavy atom. The second-order valence-electron chi connectivity index (χ2n) is 9.36. The number of hydrogen-bond acceptors (Lipinski definition) is 7. The number of carbonyl (C=O) groups is 2. The molecule has 0 radical (unpaired) electrons. The van der Waals surface area contributed by atoms with Crippen LogP contribution in [0.15, 0.2) is 66.2 Å². The third-order valence-corrected chi connectivity index (χ3v) is 7.81. The molecule has 37 heavy (non-hydrogen) atoms. The number of amides is 1. The van der Waals surface area contributed by atoms with Crippen molar-refractivity contribution in [3.63, 3.8) is 0 Å². The molecule has 1 amide bonds. The molecule has 2 aliphatic rings. The molecule has 1 saturated heterocycles. The second-order valence-corrected chi connectivity index (χ2v) is 10.4. The van der Waals surface area contributed by atoms with Gasteiger partial charge in [0, 0.05) is 12.0 Å². The number of methoxy groups -OCH3 is 1. The van der Waals surface area contributed by atoms with E-state index in [1.807, 2.05) is 56.3 Å². The van der Waals surface area contributed by atoms with Crippen molar-refractivity contribution in [2.75, 3.05) is 12.0 Å². The maximum absolute atomic E-state index is 13.5. The van der Waals surface area contributed by atoms with Crippen LogP contribution in [0.4, 0.5) is 5.13 Å². The summed E-state index contributed by atoms with van der Waals surface area (Å²) in [5.74, 6) is -0.239. The van der Waals surface area contributed by atoms with E-state index in [1.165, 1.54) is 16.2 Å². The molecule has 2 aliphatic heterocycles. The van der Waals surface area contributed by atoms with Crippen LogP contribution in [0.2, 0.25) is 0 Å². The standard InChI is InChI=1S/C29H24N2O5S/c1-15-4-6-17(7-5-15)25-24(26(32)18-8-11-22-19(13-18)12-16(2)36-22)27(33)28(34)31(25)29-30-21-10-9-20(35-3)14-23(21)37-29/h4-11,13-14,16,25,32H,12H2,1-3H3/t16-,25-/m1/s1. The molecule has 8 heteroatoms. The van der Waals surface area contributed by atoms with Gasteiger partial charge in [-0.1, -0.05) is 41.2 Å². The zero-order valence-corrected chi connectivity index (χ0v) is 21.3. The summed E-state index contributed by atoms with van der Waals surface area (Å²) in [5.41, 5.74) is 3.91. The minimum Gasteiger partial charge on any atom is -0.507 e. The summed E-state index contributed by atoms with van der Waals surface area (Å²) in [4.78, 5) is 33.0. The summed E-state index contributed by atoms with van der Waals surface area (Å²) in [7, 11) is 1.59. The smallest absolute Gasteiger partial charge is 0.301 e. The van der Waals surface area contributed by atoms with E-state index in [9.17, 15) is 14.7 Å². The maximum Gasteiger partial charge on any atom is 0.301 e. The Kier molecular flexibility index (Phi) is 5.49. The molecule has 1 fully saturated rings. The van der Waals surface area contributed by atoms with Crippen LogP contribution >= 0.6 is 11.3 Å². The van der Waals surface area contributed by atoms with Gasteiger partial charge in [-0.25, -0.2) is 4.98 Å². The van der Waals surface area contributed by atoms with Crippen LogP contribution in [0.5, 0.6) is 11.5 Å². The van der Waals surface area contributed by atoms with Gasteiger partial charge in [0.15, 0.2) is 5.13 Å². The fraction of sp³-hybridized carbons (Fsp3) is 0.207. The number of ether oxygens (including phenoxy) is 2. The van der Waals surface area contributed by atoms with Crippen LogP contribution in [-0.2, 0) is 16.0 Å². The first-order valence-electron chi connectivity index (χ1n) is 12.0. The highest BCUT2D eigenvalue weighted by Crippen LogP contribution is 2.45. The lowest BCUT2D eigenvalue weighted by Crippen LogP contribution is -2.29. The third-order valence-electron chi connectivity index (χ3n) is 6.80. The highest BCUT2D eigenvalue weighted by Gasteiger charge is 2.48. The van der Waals surface area contributed by atoms with Crippen molar-refractivity contribution in [2.24, 2.45) is 0 Å². The number of aliphatic hydroxyl groups excluding tert-OH is 1. The second kappa shape index (κ2) is 8.74. The average molecular weight is 513 g/mol. The SMILES string of the molecule is COc1ccc2nc(N3C(=O)C(=O)C(=C(O)c4ccc5c(c4)C[C@@H](C)O5)[C@H]3c3ccc(C)cc3)sc2c1. The normalized spacial score (nSPS) is 20.4. The summed E-state index contributed by atoms with van der Waals surface area (Å²) < 4.78 is 11.9. The van der Waals surface area contributed by atoms with E-state index in [1.54, 1.807) is 25.3 Å². The Morgan fingerprint density at radius 3 is 2.65 bits per heavy atom. The Hall–Kier alpha value is -4.17. The minimum absolute atomic E-state index is 0.0394. The van der Waals surface area contributed by atoms with Crippen molar-refractivity contribution in [3.8, 4) is 11.5 Å². The molecule has 0 unspecified atom stereocenters. The average Bonchev–Trinajstić information content (AvgIpc) is 3.55. The number of carbonyl (C=O) groups excluding carboxylic acids is 2. The van der Waals surface area contributed by atoms with Gasteiger partial charge >= 0.3 is 5.91 Å². The van der Waals surface area contributed by atoms with Crippen LogP contribution in [0.25, 0.3) is 16.0 Å². The van der Waals surface area contributed by atoms with E-state index in [4.69, 9.17) is 9.47 Å². The van der Waals surface area contributed by atoms with Crippen molar-refractivity contribution in [1.82, 2.24) is 4.98 Å². The van der Waals surface area contributed by atoms with Crippen molar-refractivity contribution in [2.45, 2.75) is 32.4 Å². The zero-order chi connectivity index (χ0) is 25.8. The number of ketones is 1. The summed E-state index contributed by atoms with van der Waals surface area (Å²) >= 11 is 1.30. The molecule has 6 rings (SSSR count). The van der Waals surface area contributed by atoms with Gasteiger partial charge in [-0.05, 0) is 61.4 Å². The van der Waals surface area contributed by atoms with Gasteiger partial charge in [-0.3, -0.25) is 14.5 Å². The van der Waals surface area contributed by atoms with Gasteiger partial charge in [-0.15, -0.1) is 0 Å². The van der Waals surface area contributed by atoms with Gasteiger partial charge in [0.25, 0.3) is 5.78 Å². The number of thiazole rings is 1. The molecule has 4 aromatic rings. The number of aromatic nitrogens is 1. The minimum atomic E-state index is -0.827. The highest BCUT2D eigenvalue weighted by molar-refractivity contribution is 7.22. The van der Waals surface area contributed by atoms with Crippen LogP contribution in [0.1, 0.15) is 35.2 Å². The van der Waals surface area contributed by atoms with E-state index in [0.717, 1.165) is 21.6 Å². The number of anilines is 1. The third kappa shape index (κ3) is 3.84. The van der Waals surface area contributed by atoms with E-state index < -0.39 is 17.7 Å². The summed E-state index contributed by atoms with van der Waals surface area (Å²) in [6.45, 7) is 3.95. The van der Waals surface area contributed by atoms with Gasteiger partial charge in [0.2, 0.25) is 0 Å².